The van der Waals surface area contributed by atoms with Crippen molar-refractivity contribution in [2.24, 2.45) is 0 Å². The van der Waals surface area contributed by atoms with E-state index in [9.17, 15) is 0 Å². The number of hydrogen-bond acceptors (Lipinski definition) is 2. The van der Waals surface area contributed by atoms with Crippen LogP contribution in [-0.2, 0) is 9.47 Å². The second-order valence-electron chi connectivity index (χ2n) is 2.04. The van der Waals surface area contributed by atoms with Crippen LogP contribution in [0.5, 0.6) is 0 Å². The predicted molar refractivity (Wildman–Crippen MR) is 45.8 cm³/mol. The maximum atomic E-state index is 5.20. The molecule has 0 N–H and O–H groups in total. The van der Waals surface area contributed by atoms with Gasteiger partial charge >= 0.3 is 0 Å². The summed E-state index contributed by atoms with van der Waals surface area (Å²) in [5.41, 5.74) is 0. The lowest BCUT2D eigenvalue weighted by Gasteiger charge is -2.07. The summed E-state index contributed by atoms with van der Waals surface area (Å²) in [6.45, 7) is 11.1. The Kier molecular flexibility index (Phi) is 4.99. The van der Waals surface area contributed by atoms with Gasteiger partial charge in [-0.25, -0.2) is 0 Å². The van der Waals surface area contributed by atoms with Crippen LogP contribution in [0.15, 0.2) is 37.0 Å². The highest BCUT2D eigenvalue weighted by molar-refractivity contribution is 4.96. The molecule has 2 nitrogen and oxygen atoms in total. The molecule has 0 bridgehead atoms. The Morgan fingerprint density at radius 3 is 2.55 bits per heavy atom. The molecule has 0 aliphatic rings. The molecular weight excluding hydrogens is 140 g/mol. The predicted octanol–water partition coefficient (Wildman–Crippen LogP) is 2.60. The number of allylic oxidation sites excluding steroid dienone is 2. The van der Waals surface area contributed by atoms with Crippen LogP contribution in [0, 0.1) is 0 Å². The molecule has 0 atom stereocenters. The van der Waals surface area contributed by atoms with Gasteiger partial charge in [-0.05, 0) is 19.9 Å². The summed E-state index contributed by atoms with van der Waals surface area (Å²) in [7, 11) is 0. The van der Waals surface area contributed by atoms with Crippen molar-refractivity contribution in [3.8, 4) is 0 Å². The standard InChI is InChI=1S/C9H14O2/c1-5-9(7-10-6-2)11-8(3)4/h5-6H,2-3,7H2,1,4H3/b9-5-. The van der Waals surface area contributed by atoms with Gasteiger partial charge in [-0.15, -0.1) is 0 Å². The summed E-state index contributed by atoms with van der Waals surface area (Å²) in [5, 5.41) is 0. The SMILES string of the molecule is C=COC/C(=C/C)OC(=C)C. The number of ether oxygens (including phenoxy) is 2. The second kappa shape index (κ2) is 5.59. The van der Waals surface area contributed by atoms with Crippen LogP contribution in [0.25, 0.3) is 0 Å². The largest absolute Gasteiger partial charge is 0.494 e. The maximum absolute atomic E-state index is 5.20. The van der Waals surface area contributed by atoms with E-state index in [1.807, 2.05) is 13.0 Å². The molecule has 0 aliphatic heterocycles. The molecule has 11 heavy (non-hydrogen) atoms. The van der Waals surface area contributed by atoms with Crippen LogP contribution in [0.4, 0.5) is 0 Å². The van der Waals surface area contributed by atoms with E-state index < -0.39 is 0 Å². The van der Waals surface area contributed by atoms with E-state index in [2.05, 4.69) is 13.2 Å². The molecule has 0 aliphatic carbocycles. The van der Waals surface area contributed by atoms with Crippen LogP contribution >= 0.6 is 0 Å². The van der Waals surface area contributed by atoms with E-state index in [4.69, 9.17) is 9.47 Å². The van der Waals surface area contributed by atoms with Gasteiger partial charge in [0.2, 0.25) is 0 Å². The zero-order valence-corrected chi connectivity index (χ0v) is 7.09. The fraction of sp³-hybridized carbons (Fsp3) is 0.333. The molecule has 62 valence electrons. The van der Waals surface area contributed by atoms with E-state index in [1.54, 1.807) is 6.92 Å². The Hall–Kier alpha value is -1.18. The third-order valence-corrected chi connectivity index (χ3v) is 0.971. The zero-order chi connectivity index (χ0) is 8.69. The van der Waals surface area contributed by atoms with Crippen LogP contribution in [-0.4, -0.2) is 6.61 Å². The average Bonchev–Trinajstić information content (AvgIpc) is 1.97. The minimum Gasteiger partial charge on any atom is -0.494 e. The molecule has 0 aromatic carbocycles. The van der Waals surface area contributed by atoms with Crippen LogP contribution < -0.4 is 0 Å². The van der Waals surface area contributed by atoms with Gasteiger partial charge in [-0.2, -0.15) is 0 Å². The summed E-state index contributed by atoms with van der Waals surface area (Å²) in [4.78, 5) is 0. The minimum atomic E-state index is 0.410. The third-order valence-electron chi connectivity index (χ3n) is 0.971. The smallest absolute Gasteiger partial charge is 0.145 e. The van der Waals surface area contributed by atoms with Crippen molar-refractivity contribution >= 4 is 0 Å². The van der Waals surface area contributed by atoms with Gasteiger partial charge in [0, 0.05) is 0 Å². The van der Waals surface area contributed by atoms with Crippen LogP contribution in [0.2, 0.25) is 0 Å². The molecule has 0 amide bonds. The van der Waals surface area contributed by atoms with E-state index >= 15 is 0 Å². The lowest BCUT2D eigenvalue weighted by molar-refractivity contribution is 0.197. The van der Waals surface area contributed by atoms with E-state index in [-0.39, 0.29) is 0 Å². The summed E-state index contributed by atoms with van der Waals surface area (Å²) < 4.78 is 10.1. The number of hydrogen-bond donors (Lipinski definition) is 0. The molecule has 0 saturated carbocycles. The number of rotatable bonds is 5. The highest BCUT2D eigenvalue weighted by Crippen LogP contribution is 2.03. The van der Waals surface area contributed by atoms with E-state index in [1.165, 1.54) is 6.26 Å². The molecule has 0 fully saturated rings. The first kappa shape index (κ1) is 9.82. The quantitative estimate of drug-likeness (QED) is 0.567. The van der Waals surface area contributed by atoms with Crippen molar-refractivity contribution in [2.75, 3.05) is 6.61 Å². The Morgan fingerprint density at radius 1 is 1.55 bits per heavy atom. The van der Waals surface area contributed by atoms with Crippen molar-refractivity contribution in [2.45, 2.75) is 13.8 Å². The highest BCUT2D eigenvalue weighted by Gasteiger charge is 1.95. The fourth-order valence-corrected chi connectivity index (χ4v) is 0.537. The molecule has 0 unspecified atom stereocenters. The first-order valence-electron chi connectivity index (χ1n) is 3.41. The van der Waals surface area contributed by atoms with Crippen LogP contribution in [0.1, 0.15) is 13.8 Å². The molecule has 0 radical (unpaired) electrons. The Balaban J connectivity index is 3.77. The van der Waals surface area contributed by atoms with Gasteiger partial charge in [-0.1, -0.05) is 13.2 Å². The van der Waals surface area contributed by atoms with Crippen LogP contribution in [0.3, 0.4) is 0 Å². The molecule has 0 heterocycles. The van der Waals surface area contributed by atoms with Gasteiger partial charge in [0.1, 0.15) is 12.4 Å². The van der Waals surface area contributed by atoms with Crippen molar-refractivity contribution in [3.05, 3.63) is 37.0 Å². The second-order valence-corrected chi connectivity index (χ2v) is 2.04. The van der Waals surface area contributed by atoms with Crippen molar-refractivity contribution in [3.63, 3.8) is 0 Å². The molecule has 0 aromatic heterocycles. The highest BCUT2D eigenvalue weighted by atomic mass is 16.5. The summed E-state index contributed by atoms with van der Waals surface area (Å²) in [6.07, 6.45) is 3.21. The summed E-state index contributed by atoms with van der Waals surface area (Å²) in [5.74, 6) is 1.41. The molecule has 0 rings (SSSR count). The molecule has 2 heteroatoms. The maximum Gasteiger partial charge on any atom is 0.145 e. The molecule has 0 aromatic rings. The van der Waals surface area contributed by atoms with E-state index in [0.29, 0.717) is 12.4 Å². The van der Waals surface area contributed by atoms with Gasteiger partial charge in [0.15, 0.2) is 0 Å². The Morgan fingerprint density at radius 2 is 2.18 bits per heavy atom. The monoisotopic (exact) mass is 154 g/mol. The normalized spacial score (nSPS) is 10.5. The summed E-state index contributed by atoms with van der Waals surface area (Å²) in [6, 6.07) is 0. The fourth-order valence-electron chi connectivity index (χ4n) is 0.537. The zero-order valence-electron chi connectivity index (χ0n) is 7.09. The van der Waals surface area contributed by atoms with E-state index in [0.717, 1.165) is 5.76 Å². The van der Waals surface area contributed by atoms with Crippen molar-refractivity contribution in [1.29, 1.82) is 0 Å². The molecule has 0 saturated heterocycles. The van der Waals surface area contributed by atoms with Crippen molar-refractivity contribution in [1.82, 2.24) is 0 Å². The Bertz CT molecular complexity index is 168. The molecule has 0 spiro atoms. The first-order valence-corrected chi connectivity index (χ1v) is 3.41. The van der Waals surface area contributed by atoms with Gasteiger partial charge in [0.05, 0.1) is 12.0 Å². The Labute approximate surface area is 67.8 Å². The average molecular weight is 154 g/mol. The topological polar surface area (TPSA) is 18.5 Å². The van der Waals surface area contributed by atoms with Gasteiger partial charge < -0.3 is 9.47 Å². The summed E-state index contributed by atoms with van der Waals surface area (Å²) >= 11 is 0. The lowest BCUT2D eigenvalue weighted by Crippen LogP contribution is -1.96. The third kappa shape index (κ3) is 5.27. The lowest BCUT2D eigenvalue weighted by atomic mass is 10.5. The minimum absolute atomic E-state index is 0.410. The van der Waals surface area contributed by atoms with Gasteiger partial charge in [0.25, 0.3) is 0 Å². The first-order chi connectivity index (χ1) is 5.20. The van der Waals surface area contributed by atoms with Gasteiger partial charge in [-0.3, -0.25) is 0 Å². The van der Waals surface area contributed by atoms with Crippen molar-refractivity contribution < 1.29 is 9.47 Å². The molecular formula is C9H14O2.